The minimum absolute atomic E-state index is 0.00604. The zero-order valence-corrected chi connectivity index (χ0v) is 13.0. The number of aliphatic imine (C=N–C) groups is 1. The number of non-ortho nitro benzene ring substituents is 1. The van der Waals surface area contributed by atoms with Gasteiger partial charge in [0.05, 0.1) is 10.6 Å². The Morgan fingerprint density at radius 3 is 2.83 bits per heavy atom. The molecule has 1 heterocycles. The average Bonchev–Trinajstić information content (AvgIpc) is 2.97. The number of anilines is 1. The van der Waals surface area contributed by atoms with Gasteiger partial charge in [-0.15, -0.1) is 0 Å². The Hall–Kier alpha value is -3.22. The number of benzene rings is 2. The summed E-state index contributed by atoms with van der Waals surface area (Å²) < 4.78 is 0. The molecule has 0 fully saturated rings. The van der Waals surface area contributed by atoms with E-state index in [-0.39, 0.29) is 22.9 Å². The normalized spacial score (nSPS) is 13.3. The number of nitro groups is 1. The number of amides is 1. The summed E-state index contributed by atoms with van der Waals surface area (Å²) >= 11 is 0. The summed E-state index contributed by atoms with van der Waals surface area (Å²) in [6.45, 7) is 2.19. The van der Waals surface area contributed by atoms with Gasteiger partial charge in [0.1, 0.15) is 5.75 Å². The van der Waals surface area contributed by atoms with Crippen molar-refractivity contribution in [2.45, 2.75) is 13.3 Å². The highest BCUT2D eigenvalue weighted by Crippen LogP contribution is 2.31. The quantitative estimate of drug-likeness (QED) is 0.533. The number of hydrogen-bond donors (Lipinski definition) is 1. The van der Waals surface area contributed by atoms with E-state index in [1.807, 2.05) is 12.1 Å². The first kappa shape index (κ1) is 15.7. The highest BCUT2D eigenvalue weighted by atomic mass is 16.6. The third kappa shape index (κ3) is 2.96. The summed E-state index contributed by atoms with van der Waals surface area (Å²) in [5, 5.41) is 20.6. The molecular formula is C17H15N3O4. The molecular weight excluding hydrogens is 310 g/mol. The van der Waals surface area contributed by atoms with Gasteiger partial charge in [-0.1, -0.05) is 0 Å². The Kier molecular flexibility index (Phi) is 3.99. The van der Waals surface area contributed by atoms with Gasteiger partial charge in [-0.25, -0.2) is 0 Å². The van der Waals surface area contributed by atoms with Crippen LogP contribution in [-0.4, -0.2) is 28.7 Å². The maximum absolute atomic E-state index is 11.5. The summed E-state index contributed by atoms with van der Waals surface area (Å²) in [7, 11) is 0. The van der Waals surface area contributed by atoms with E-state index in [2.05, 4.69) is 4.99 Å². The molecule has 7 nitrogen and oxygen atoms in total. The molecule has 0 spiro atoms. The van der Waals surface area contributed by atoms with E-state index in [4.69, 9.17) is 0 Å². The largest absolute Gasteiger partial charge is 0.507 e. The monoisotopic (exact) mass is 325 g/mol. The number of aromatic hydroxyl groups is 1. The molecule has 122 valence electrons. The van der Waals surface area contributed by atoms with Crippen molar-refractivity contribution >= 4 is 29.2 Å². The van der Waals surface area contributed by atoms with E-state index in [0.717, 1.165) is 17.7 Å². The van der Waals surface area contributed by atoms with Crippen LogP contribution in [0.15, 0.2) is 41.4 Å². The fourth-order valence-corrected chi connectivity index (χ4v) is 2.70. The summed E-state index contributed by atoms with van der Waals surface area (Å²) in [5.74, 6) is -0.0696. The molecule has 3 rings (SSSR count). The number of hydrogen-bond acceptors (Lipinski definition) is 5. The standard InChI is InChI=1S/C17H15N3O4/c1-11(21)19-7-6-12-8-14(2-4-16(12)19)18-10-13-9-15(20(23)24)3-5-17(13)22/h2-5,8-10,22H,6-7H2,1H3. The van der Waals surface area contributed by atoms with Crippen LogP contribution in [0, 0.1) is 10.1 Å². The summed E-state index contributed by atoms with van der Waals surface area (Å²) in [5.41, 5.74) is 2.74. The van der Waals surface area contributed by atoms with Gasteiger partial charge in [0, 0.05) is 43.1 Å². The van der Waals surface area contributed by atoms with Crippen molar-refractivity contribution in [3.8, 4) is 5.75 Å². The van der Waals surface area contributed by atoms with Gasteiger partial charge in [-0.3, -0.25) is 19.9 Å². The van der Waals surface area contributed by atoms with Crippen LogP contribution in [0.25, 0.3) is 0 Å². The van der Waals surface area contributed by atoms with Crippen LogP contribution in [0.3, 0.4) is 0 Å². The predicted octanol–water partition coefficient (Wildman–Crippen LogP) is 2.96. The second kappa shape index (κ2) is 6.11. The molecule has 1 amide bonds. The van der Waals surface area contributed by atoms with Gasteiger partial charge in [0.2, 0.25) is 5.91 Å². The number of carbonyl (C=O) groups is 1. The van der Waals surface area contributed by atoms with Gasteiger partial charge in [-0.05, 0) is 36.2 Å². The van der Waals surface area contributed by atoms with E-state index in [9.17, 15) is 20.0 Å². The molecule has 2 aromatic carbocycles. The van der Waals surface area contributed by atoms with E-state index in [1.165, 1.54) is 31.3 Å². The van der Waals surface area contributed by atoms with Crippen molar-refractivity contribution in [2.24, 2.45) is 4.99 Å². The van der Waals surface area contributed by atoms with Crippen LogP contribution >= 0.6 is 0 Å². The Balaban J connectivity index is 1.87. The zero-order chi connectivity index (χ0) is 17.3. The van der Waals surface area contributed by atoms with Gasteiger partial charge in [-0.2, -0.15) is 0 Å². The SMILES string of the molecule is CC(=O)N1CCc2cc(N=Cc3cc([N+](=O)[O-])ccc3O)ccc21. The number of nitro benzene ring substituents is 1. The van der Waals surface area contributed by atoms with Gasteiger partial charge in [0.25, 0.3) is 5.69 Å². The summed E-state index contributed by atoms with van der Waals surface area (Å²) in [6.07, 6.45) is 2.15. The van der Waals surface area contributed by atoms with Crippen LogP contribution < -0.4 is 4.90 Å². The molecule has 24 heavy (non-hydrogen) atoms. The lowest BCUT2D eigenvalue weighted by Gasteiger charge is -2.14. The van der Waals surface area contributed by atoms with Gasteiger partial charge < -0.3 is 10.0 Å². The number of rotatable bonds is 3. The number of nitrogens with zero attached hydrogens (tertiary/aromatic N) is 3. The molecule has 1 aliphatic rings. The molecule has 1 N–H and O–H groups in total. The second-order valence-corrected chi connectivity index (χ2v) is 5.49. The molecule has 2 aromatic rings. The van der Waals surface area contributed by atoms with Crippen molar-refractivity contribution in [3.63, 3.8) is 0 Å². The average molecular weight is 325 g/mol. The smallest absolute Gasteiger partial charge is 0.270 e. The maximum Gasteiger partial charge on any atom is 0.270 e. The number of phenolic OH excluding ortho intramolecular Hbond substituents is 1. The lowest BCUT2D eigenvalue weighted by molar-refractivity contribution is -0.384. The van der Waals surface area contributed by atoms with Crippen LogP contribution in [0.1, 0.15) is 18.1 Å². The Bertz CT molecular complexity index is 861. The fourth-order valence-electron chi connectivity index (χ4n) is 2.70. The van der Waals surface area contributed by atoms with E-state index < -0.39 is 4.92 Å². The Morgan fingerprint density at radius 1 is 1.33 bits per heavy atom. The summed E-state index contributed by atoms with van der Waals surface area (Å²) in [4.78, 5) is 27.8. The minimum atomic E-state index is -0.525. The molecule has 0 atom stereocenters. The topological polar surface area (TPSA) is 96.0 Å². The lowest BCUT2D eigenvalue weighted by atomic mass is 10.1. The lowest BCUT2D eigenvalue weighted by Crippen LogP contribution is -2.25. The third-order valence-electron chi connectivity index (χ3n) is 3.91. The fraction of sp³-hybridized carbons (Fsp3) is 0.176. The van der Waals surface area contributed by atoms with Crippen LogP contribution in [0.5, 0.6) is 5.75 Å². The molecule has 0 bridgehead atoms. The highest BCUT2D eigenvalue weighted by molar-refractivity contribution is 5.94. The third-order valence-corrected chi connectivity index (χ3v) is 3.91. The zero-order valence-electron chi connectivity index (χ0n) is 13.0. The maximum atomic E-state index is 11.5. The molecule has 0 aliphatic carbocycles. The van der Waals surface area contributed by atoms with E-state index >= 15 is 0 Å². The van der Waals surface area contributed by atoms with Crippen molar-refractivity contribution < 1.29 is 14.8 Å². The van der Waals surface area contributed by atoms with E-state index in [1.54, 1.807) is 11.0 Å². The highest BCUT2D eigenvalue weighted by Gasteiger charge is 2.21. The first-order valence-electron chi connectivity index (χ1n) is 7.38. The van der Waals surface area contributed by atoms with Crippen molar-refractivity contribution in [1.29, 1.82) is 0 Å². The van der Waals surface area contributed by atoms with Crippen molar-refractivity contribution in [1.82, 2.24) is 0 Å². The number of carbonyl (C=O) groups excluding carboxylic acids is 1. The first-order valence-corrected chi connectivity index (χ1v) is 7.38. The van der Waals surface area contributed by atoms with Crippen molar-refractivity contribution in [2.75, 3.05) is 11.4 Å². The van der Waals surface area contributed by atoms with Crippen molar-refractivity contribution in [3.05, 3.63) is 57.6 Å². The number of fused-ring (bicyclic) bond motifs is 1. The van der Waals surface area contributed by atoms with Crippen LogP contribution in [0.2, 0.25) is 0 Å². The molecule has 7 heteroatoms. The molecule has 0 saturated heterocycles. The predicted molar refractivity (Wildman–Crippen MR) is 90.2 cm³/mol. The van der Waals surface area contributed by atoms with E-state index in [0.29, 0.717) is 12.2 Å². The number of phenols is 1. The first-order chi connectivity index (χ1) is 11.5. The Labute approximate surface area is 138 Å². The molecule has 0 radical (unpaired) electrons. The van der Waals surface area contributed by atoms with Crippen LogP contribution in [-0.2, 0) is 11.2 Å². The van der Waals surface area contributed by atoms with Gasteiger partial charge in [0.15, 0.2) is 0 Å². The molecule has 0 saturated carbocycles. The van der Waals surface area contributed by atoms with Gasteiger partial charge >= 0.3 is 0 Å². The molecule has 0 unspecified atom stereocenters. The Morgan fingerprint density at radius 2 is 2.12 bits per heavy atom. The summed E-state index contributed by atoms with van der Waals surface area (Å²) in [6, 6.07) is 9.26. The minimum Gasteiger partial charge on any atom is -0.507 e. The second-order valence-electron chi connectivity index (χ2n) is 5.49. The molecule has 1 aliphatic heterocycles. The molecule has 0 aromatic heterocycles. The van der Waals surface area contributed by atoms with Crippen LogP contribution in [0.4, 0.5) is 17.1 Å².